The molecule has 0 heterocycles. The van der Waals surface area contributed by atoms with E-state index in [-0.39, 0.29) is 5.75 Å². The van der Waals surface area contributed by atoms with Gasteiger partial charge in [-0.25, -0.2) is 0 Å². The van der Waals surface area contributed by atoms with Gasteiger partial charge in [0, 0.05) is 12.1 Å². The van der Waals surface area contributed by atoms with Crippen LogP contribution < -0.4 is 10.1 Å². The lowest BCUT2D eigenvalue weighted by atomic mass is 10.2. The molecule has 0 bridgehead atoms. The molecular formula is C16H18ClNO2. The minimum atomic E-state index is 0.155. The van der Waals surface area contributed by atoms with E-state index in [0.29, 0.717) is 18.2 Å². The van der Waals surface area contributed by atoms with Gasteiger partial charge in [-0.1, -0.05) is 41.9 Å². The van der Waals surface area contributed by atoms with E-state index in [1.807, 2.05) is 42.5 Å². The van der Waals surface area contributed by atoms with Crippen molar-refractivity contribution in [1.82, 2.24) is 5.32 Å². The largest absolute Gasteiger partial charge is 0.506 e. The summed E-state index contributed by atoms with van der Waals surface area (Å²) in [6.07, 6.45) is 0.899. The summed E-state index contributed by atoms with van der Waals surface area (Å²) in [5, 5.41) is 13.4. The molecule has 0 radical (unpaired) electrons. The lowest BCUT2D eigenvalue weighted by Gasteiger charge is -2.09. The quantitative estimate of drug-likeness (QED) is 0.766. The topological polar surface area (TPSA) is 41.5 Å². The molecule has 0 aromatic heterocycles. The third-order valence-electron chi connectivity index (χ3n) is 2.90. The predicted molar refractivity (Wildman–Crippen MR) is 81.4 cm³/mol. The summed E-state index contributed by atoms with van der Waals surface area (Å²) < 4.78 is 5.59. The minimum Gasteiger partial charge on any atom is -0.506 e. The zero-order valence-electron chi connectivity index (χ0n) is 11.2. The van der Waals surface area contributed by atoms with Crippen molar-refractivity contribution in [3.8, 4) is 11.5 Å². The number of phenols is 1. The van der Waals surface area contributed by atoms with Crippen molar-refractivity contribution >= 4 is 11.6 Å². The Morgan fingerprint density at radius 3 is 2.65 bits per heavy atom. The molecule has 2 N–H and O–H groups in total. The fraction of sp³-hybridized carbons (Fsp3) is 0.250. The standard InChI is InChI=1S/C16H18ClNO2/c17-15-9-4-6-13(16(15)19)12-18-10-5-11-20-14-7-2-1-3-8-14/h1-4,6-9,18-19H,5,10-12H2. The van der Waals surface area contributed by atoms with Gasteiger partial charge in [0.25, 0.3) is 0 Å². The molecule has 20 heavy (non-hydrogen) atoms. The highest BCUT2D eigenvalue weighted by Gasteiger charge is 2.03. The van der Waals surface area contributed by atoms with E-state index >= 15 is 0 Å². The van der Waals surface area contributed by atoms with E-state index in [2.05, 4.69) is 5.32 Å². The van der Waals surface area contributed by atoms with Gasteiger partial charge >= 0.3 is 0 Å². The number of benzene rings is 2. The first-order chi connectivity index (χ1) is 9.77. The molecule has 0 aliphatic heterocycles. The van der Waals surface area contributed by atoms with Gasteiger partial charge in [0.2, 0.25) is 0 Å². The Bertz CT molecular complexity index is 531. The maximum atomic E-state index is 9.75. The van der Waals surface area contributed by atoms with Crippen molar-refractivity contribution in [1.29, 1.82) is 0 Å². The second-order valence-electron chi connectivity index (χ2n) is 4.44. The molecule has 0 atom stereocenters. The molecule has 0 spiro atoms. The fourth-order valence-corrected chi connectivity index (χ4v) is 2.02. The monoisotopic (exact) mass is 291 g/mol. The summed E-state index contributed by atoms with van der Waals surface area (Å²) in [6.45, 7) is 2.08. The van der Waals surface area contributed by atoms with Gasteiger partial charge in [0.1, 0.15) is 11.5 Å². The van der Waals surface area contributed by atoms with Crippen molar-refractivity contribution in [2.75, 3.05) is 13.2 Å². The number of para-hydroxylation sites is 2. The number of aromatic hydroxyl groups is 1. The van der Waals surface area contributed by atoms with Gasteiger partial charge < -0.3 is 15.2 Å². The SMILES string of the molecule is Oc1c(Cl)cccc1CNCCCOc1ccccc1. The number of ether oxygens (including phenoxy) is 1. The van der Waals surface area contributed by atoms with Crippen LogP contribution in [0.25, 0.3) is 0 Å². The maximum Gasteiger partial charge on any atom is 0.138 e. The number of hydrogen-bond acceptors (Lipinski definition) is 3. The number of phenolic OH excluding ortho intramolecular Hbond substituents is 1. The van der Waals surface area contributed by atoms with Crippen LogP contribution in [0, 0.1) is 0 Å². The zero-order chi connectivity index (χ0) is 14.2. The first-order valence-electron chi connectivity index (χ1n) is 6.62. The van der Waals surface area contributed by atoms with E-state index in [1.165, 1.54) is 0 Å². The first kappa shape index (κ1) is 14.7. The number of halogens is 1. The van der Waals surface area contributed by atoms with Crippen LogP contribution in [0.3, 0.4) is 0 Å². The fourth-order valence-electron chi connectivity index (χ4n) is 1.83. The van der Waals surface area contributed by atoms with Crippen LogP contribution in [0.4, 0.5) is 0 Å². The second kappa shape index (κ2) is 7.78. The summed E-state index contributed by atoms with van der Waals surface area (Å²) in [5.74, 6) is 1.04. The second-order valence-corrected chi connectivity index (χ2v) is 4.85. The first-order valence-corrected chi connectivity index (χ1v) is 7.00. The number of nitrogens with one attached hydrogen (secondary N) is 1. The molecule has 0 fully saturated rings. The third-order valence-corrected chi connectivity index (χ3v) is 3.20. The van der Waals surface area contributed by atoms with Crippen molar-refractivity contribution in [2.24, 2.45) is 0 Å². The van der Waals surface area contributed by atoms with E-state index in [9.17, 15) is 5.11 Å². The van der Waals surface area contributed by atoms with E-state index in [0.717, 1.165) is 24.3 Å². The molecule has 0 saturated heterocycles. The van der Waals surface area contributed by atoms with Crippen LogP contribution >= 0.6 is 11.6 Å². The Balaban J connectivity index is 1.63. The summed E-state index contributed by atoms with van der Waals surface area (Å²) in [6, 6.07) is 15.1. The van der Waals surface area contributed by atoms with Crippen molar-refractivity contribution in [3.05, 3.63) is 59.1 Å². The van der Waals surface area contributed by atoms with E-state index in [4.69, 9.17) is 16.3 Å². The Hall–Kier alpha value is -1.71. The molecule has 2 aromatic rings. The lowest BCUT2D eigenvalue weighted by Crippen LogP contribution is -2.17. The lowest BCUT2D eigenvalue weighted by molar-refractivity contribution is 0.308. The average Bonchev–Trinajstić information content (AvgIpc) is 2.48. The molecule has 0 aliphatic carbocycles. The maximum absolute atomic E-state index is 9.75. The molecular weight excluding hydrogens is 274 g/mol. The van der Waals surface area contributed by atoms with Crippen molar-refractivity contribution < 1.29 is 9.84 Å². The van der Waals surface area contributed by atoms with Gasteiger partial charge in [-0.15, -0.1) is 0 Å². The molecule has 106 valence electrons. The third kappa shape index (κ3) is 4.44. The summed E-state index contributed by atoms with van der Waals surface area (Å²) in [7, 11) is 0. The summed E-state index contributed by atoms with van der Waals surface area (Å²) in [4.78, 5) is 0. The van der Waals surface area contributed by atoms with Crippen LogP contribution in [-0.2, 0) is 6.54 Å². The van der Waals surface area contributed by atoms with Gasteiger partial charge in [-0.05, 0) is 31.2 Å². The van der Waals surface area contributed by atoms with Crippen LogP contribution in [0.5, 0.6) is 11.5 Å². The zero-order valence-corrected chi connectivity index (χ0v) is 11.9. The van der Waals surface area contributed by atoms with Crippen LogP contribution in [0.1, 0.15) is 12.0 Å². The molecule has 0 amide bonds. The average molecular weight is 292 g/mol. The Morgan fingerprint density at radius 1 is 1.05 bits per heavy atom. The number of hydrogen-bond donors (Lipinski definition) is 2. The van der Waals surface area contributed by atoms with Crippen LogP contribution in [0.15, 0.2) is 48.5 Å². The van der Waals surface area contributed by atoms with Crippen LogP contribution in [0.2, 0.25) is 5.02 Å². The van der Waals surface area contributed by atoms with E-state index < -0.39 is 0 Å². The highest BCUT2D eigenvalue weighted by molar-refractivity contribution is 6.32. The van der Waals surface area contributed by atoms with Crippen LogP contribution in [-0.4, -0.2) is 18.3 Å². The molecule has 0 unspecified atom stereocenters. The van der Waals surface area contributed by atoms with Crippen molar-refractivity contribution in [2.45, 2.75) is 13.0 Å². The van der Waals surface area contributed by atoms with Gasteiger partial charge in [-0.2, -0.15) is 0 Å². The van der Waals surface area contributed by atoms with Gasteiger partial charge in [0.15, 0.2) is 0 Å². The molecule has 2 aromatic carbocycles. The Labute approximate surface area is 124 Å². The highest BCUT2D eigenvalue weighted by atomic mass is 35.5. The normalized spacial score (nSPS) is 10.4. The number of rotatable bonds is 7. The molecule has 0 aliphatic rings. The molecule has 0 saturated carbocycles. The Morgan fingerprint density at radius 2 is 1.85 bits per heavy atom. The van der Waals surface area contributed by atoms with Gasteiger partial charge in [-0.3, -0.25) is 0 Å². The Kier molecular flexibility index (Phi) is 5.71. The van der Waals surface area contributed by atoms with Crippen molar-refractivity contribution in [3.63, 3.8) is 0 Å². The molecule has 3 nitrogen and oxygen atoms in total. The van der Waals surface area contributed by atoms with Gasteiger partial charge in [0.05, 0.1) is 11.6 Å². The summed E-state index contributed by atoms with van der Waals surface area (Å²) >= 11 is 5.85. The predicted octanol–water partition coefficient (Wildman–Crippen LogP) is 3.60. The summed E-state index contributed by atoms with van der Waals surface area (Å²) in [5.41, 5.74) is 0.807. The van der Waals surface area contributed by atoms with E-state index in [1.54, 1.807) is 6.07 Å². The molecule has 2 rings (SSSR count). The smallest absolute Gasteiger partial charge is 0.138 e. The molecule has 4 heteroatoms. The minimum absolute atomic E-state index is 0.155. The highest BCUT2D eigenvalue weighted by Crippen LogP contribution is 2.26.